The molecule has 0 spiro atoms. The van der Waals surface area contributed by atoms with Gasteiger partial charge in [-0.25, -0.2) is 4.79 Å². The third kappa shape index (κ3) is 4.16. The number of nitrogens with zero attached hydrogens (tertiary/aromatic N) is 1. The van der Waals surface area contributed by atoms with Gasteiger partial charge in [0.05, 0.1) is 6.54 Å². The zero-order valence-corrected chi connectivity index (χ0v) is 14.3. The van der Waals surface area contributed by atoms with Crippen molar-refractivity contribution in [2.45, 2.75) is 27.3 Å². The number of carboxylic acid groups (broad SMARTS) is 1. The predicted molar refractivity (Wildman–Crippen MR) is 88.3 cm³/mol. The number of carboxylic acids is 1. The van der Waals surface area contributed by atoms with E-state index in [1.807, 2.05) is 32.0 Å². The van der Waals surface area contributed by atoms with E-state index in [2.05, 4.69) is 0 Å². The van der Waals surface area contributed by atoms with Crippen LogP contribution in [-0.4, -0.2) is 35.5 Å². The normalized spacial score (nSPS) is 10.5. The number of carbonyl (C=O) groups excluding carboxylic acids is 1. The van der Waals surface area contributed by atoms with E-state index >= 15 is 0 Å². The minimum absolute atomic E-state index is 0.0914. The van der Waals surface area contributed by atoms with Gasteiger partial charge in [0.15, 0.2) is 6.61 Å². The number of furan rings is 1. The smallest absolute Gasteiger partial charge is 0.339 e. The molecule has 24 heavy (non-hydrogen) atoms. The van der Waals surface area contributed by atoms with Crippen LogP contribution < -0.4 is 4.74 Å². The third-order valence-electron chi connectivity index (χ3n) is 3.70. The second kappa shape index (κ2) is 7.21. The van der Waals surface area contributed by atoms with Crippen LogP contribution in [0, 0.1) is 20.8 Å². The highest BCUT2D eigenvalue weighted by Gasteiger charge is 2.17. The maximum atomic E-state index is 12.2. The lowest BCUT2D eigenvalue weighted by Gasteiger charge is -2.17. The molecule has 0 radical (unpaired) electrons. The number of hydrogen-bond donors (Lipinski definition) is 1. The number of amides is 1. The Balaban J connectivity index is 1.94. The predicted octanol–water partition coefficient (Wildman–Crippen LogP) is 2.94. The Morgan fingerprint density at radius 1 is 1.21 bits per heavy atom. The molecule has 1 aromatic heterocycles. The first kappa shape index (κ1) is 17.6. The van der Waals surface area contributed by atoms with E-state index in [1.54, 1.807) is 14.0 Å². The Kier molecular flexibility index (Phi) is 5.28. The Labute approximate surface area is 140 Å². The molecule has 0 aliphatic heterocycles. The fourth-order valence-electron chi connectivity index (χ4n) is 2.37. The van der Waals surface area contributed by atoms with E-state index in [9.17, 15) is 9.59 Å². The van der Waals surface area contributed by atoms with E-state index in [4.69, 9.17) is 14.3 Å². The van der Waals surface area contributed by atoms with Gasteiger partial charge in [-0.05, 0) is 38.5 Å². The van der Waals surface area contributed by atoms with Crippen LogP contribution in [0.5, 0.6) is 5.75 Å². The molecule has 0 saturated heterocycles. The highest BCUT2D eigenvalue weighted by Crippen LogP contribution is 2.19. The first-order valence-corrected chi connectivity index (χ1v) is 7.54. The SMILES string of the molecule is Cc1ccc(OCC(=O)N(C)Cc2cc(C(=O)O)c(C)o2)c(C)c1. The number of aromatic carboxylic acids is 1. The molecular weight excluding hydrogens is 310 g/mol. The highest BCUT2D eigenvalue weighted by atomic mass is 16.5. The zero-order chi connectivity index (χ0) is 17.9. The van der Waals surface area contributed by atoms with Crippen molar-refractivity contribution in [2.75, 3.05) is 13.7 Å². The van der Waals surface area contributed by atoms with E-state index in [1.165, 1.54) is 11.0 Å². The van der Waals surface area contributed by atoms with E-state index in [-0.39, 0.29) is 24.6 Å². The molecule has 1 N–H and O–H groups in total. The van der Waals surface area contributed by atoms with Crippen LogP contribution >= 0.6 is 0 Å². The molecule has 6 heteroatoms. The quantitative estimate of drug-likeness (QED) is 0.880. The van der Waals surface area contributed by atoms with Crippen LogP contribution in [0.25, 0.3) is 0 Å². The Hall–Kier alpha value is -2.76. The number of rotatable bonds is 6. The molecule has 128 valence electrons. The van der Waals surface area contributed by atoms with Crippen LogP contribution in [0.3, 0.4) is 0 Å². The molecule has 2 aromatic rings. The van der Waals surface area contributed by atoms with Crippen LogP contribution in [0.2, 0.25) is 0 Å². The zero-order valence-electron chi connectivity index (χ0n) is 14.3. The van der Waals surface area contributed by atoms with Gasteiger partial charge in [-0.1, -0.05) is 17.7 Å². The standard InChI is InChI=1S/C18H21NO5/c1-11-5-6-16(12(2)7-11)23-10-17(20)19(4)9-14-8-15(18(21)22)13(3)24-14/h5-8H,9-10H2,1-4H3,(H,21,22). The van der Waals surface area contributed by atoms with Crippen LogP contribution in [0.4, 0.5) is 0 Å². The van der Waals surface area contributed by atoms with Crippen LogP contribution in [0.1, 0.15) is 33.0 Å². The number of ether oxygens (including phenoxy) is 1. The lowest BCUT2D eigenvalue weighted by molar-refractivity contribution is -0.132. The number of likely N-dealkylation sites (N-methyl/N-ethyl adjacent to an activating group) is 1. The van der Waals surface area contributed by atoms with Gasteiger partial charge in [0.25, 0.3) is 5.91 Å². The number of benzene rings is 1. The Bertz CT molecular complexity index is 763. The van der Waals surface area contributed by atoms with Gasteiger partial charge in [0, 0.05) is 7.05 Å². The summed E-state index contributed by atoms with van der Waals surface area (Å²) in [6, 6.07) is 7.19. The summed E-state index contributed by atoms with van der Waals surface area (Å²) in [5.41, 5.74) is 2.21. The summed E-state index contributed by atoms with van der Waals surface area (Å²) in [7, 11) is 1.62. The van der Waals surface area contributed by atoms with Gasteiger partial charge >= 0.3 is 5.97 Å². The third-order valence-corrected chi connectivity index (χ3v) is 3.70. The first-order valence-electron chi connectivity index (χ1n) is 7.54. The highest BCUT2D eigenvalue weighted by molar-refractivity contribution is 5.88. The van der Waals surface area contributed by atoms with Crippen molar-refractivity contribution in [3.63, 3.8) is 0 Å². The minimum Gasteiger partial charge on any atom is -0.484 e. The summed E-state index contributed by atoms with van der Waals surface area (Å²) in [5, 5.41) is 9.02. The topological polar surface area (TPSA) is 80.0 Å². The molecular formula is C18H21NO5. The molecule has 0 fully saturated rings. The van der Waals surface area contributed by atoms with Crippen molar-refractivity contribution < 1.29 is 23.8 Å². The summed E-state index contributed by atoms with van der Waals surface area (Å²) in [5.74, 6) is 0.150. The molecule has 0 bridgehead atoms. The van der Waals surface area contributed by atoms with Crippen molar-refractivity contribution in [2.24, 2.45) is 0 Å². The summed E-state index contributed by atoms with van der Waals surface area (Å²) >= 11 is 0. The van der Waals surface area contributed by atoms with Crippen LogP contribution in [-0.2, 0) is 11.3 Å². The molecule has 0 aliphatic rings. The second-order valence-corrected chi connectivity index (χ2v) is 5.80. The number of carbonyl (C=O) groups is 2. The maximum absolute atomic E-state index is 12.2. The summed E-state index contributed by atoms with van der Waals surface area (Å²) in [6.07, 6.45) is 0. The van der Waals surface area contributed by atoms with Gasteiger partial charge in [0.2, 0.25) is 0 Å². The van der Waals surface area contributed by atoms with Gasteiger partial charge in [-0.2, -0.15) is 0 Å². The average Bonchev–Trinajstić information content (AvgIpc) is 2.86. The Morgan fingerprint density at radius 2 is 1.92 bits per heavy atom. The fourth-order valence-corrected chi connectivity index (χ4v) is 2.37. The van der Waals surface area contributed by atoms with E-state index in [0.29, 0.717) is 17.3 Å². The summed E-state index contributed by atoms with van der Waals surface area (Å²) in [6.45, 7) is 5.59. The first-order chi connectivity index (χ1) is 11.3. The fraction of sp³-hybridized carbons (Fsp3) is 0.333. The van der Waals surface area contributed by atoms with Crippen LogP contribution in [0.15, 0.2) is 28.7 Å². The van der Waals surface area contributed by atoms with Crippen molar-refractivity contribution in [3.8, 4) is 5.75 Å². The van der Waals surface area contributed by atoms with Crippen molar-refractivity contribution in [3.05, 3.63) is 52.5 Å². The number of aryl methyl sites for hydroxylation is 3. The lowest BCUT2D eigenvalue weighted by atomic mass is 10.1. The average molecular weight is 331 g/mol. The van der Waals surface area contributed by atoms with Crippen molar-refractivity contribution in [1.29, 1.82) is 0 Å². The number of hydrogen-bond acceptors (Lipinski definition) is 4. The molecule has 1 heterocycles. The monoisotopic (exact) mass is 331 g/mol. The van der Waals surface area contributed by atoms with Crippen molar-refractivity contribution >= 4 is 11.9 Å². The second-order valence-electron chi connectivity index (χ2n) is 5.80. The molecule has 6 nitrogen and oxygen atoms in total. The summed E-state index contributed by atoms with van der Waals surface area (Å²) < 4.78 is 10.9. The molecule has 0 aliphatic carbocycles. The maximum Gasteiger partial charge on any atom is 0.339 e. The molecule has 0 atom stereocenters. The Morgan fingerprint density at radius 3 is 2.50 bits per heavy atom. The molecule has 2 rings (SSSR count). The van der Waals surface area contributed by atoms with Gasteiger partial charge in [-0.15, -0.1) is 0 Å². The molecule has 1 amide bonds. The van der Waals surface area contributed by atoms with Gasteiger partial charge in [0.1, 0.15) is 22.8 Å². The largest absolute Gasteiger partial charge is 0.484 e. The molecule has 1 aromatic carbocycles. The lowest BCUT2D eigenvalue weighted by Crippen LogP contribution is -2.30. The molecule has 0 saturated carbocycles. The van der Waals surface area contributed by atoms with E-state index in [0.717, 1.165) is 11.1 Å². The molecule has 0 unspecified atom stereocenters. The summed E-state index contributed by atoms with van der Waals surface area (Å²) in [4.78, 5) is 24.6. The van der Waals surface area contributed by atoms with E-state index < -0.39 is 5.97 Å². The van der Waals surface area contributed by atoms with Crippen molar-refractivity contribution in [1.82, 2.24) is 4.90 Å². The van der Waals surface area contributed by atoms with Gasteiger partial charge < -0.3 is 19.2 Å². The minimum atomic E-state index is -1.05. The van der Waals surface area contributed by atoms with Gasteiger partial charge in [-0.3, -0.25) is 4.79 Å².